The molecule has 1 saturated heterocycles. The van der Waals surface area contributed by atoms with Crippen molar-refractivity contribution in [3.8, 4) is 11.5 Å². The highest BCUT2D eigenvalue weighted by Crippen LogP contribution is 2.24. The van der Waals surface area contributed by atoms with Gasteiger partial charge in [0.15, 0.2) is 0 Å². The molecule has 120 valence electrons. The highest BCUT2D eigenvalue weighted by Gasteiger charge is 2.23. The predicted molar refractivity (Wildman–Crippen MR) is 89.8 cm³/mol. The Hall–Kier alpha value is -2.30. The highest BCUT2D eigenvalue weighted by atomic mass is 16.6. The zero-order valence-electron chi connectivity index (χ0n) is 13.0. The largest absolute Gasteiger partial charge is 0.491 e. The van der Waals surface area contributed by atoms with Gasteiger partial charge in [-0.1, -0.05) is 36.9 Å². The summed E-state index contributed by atoms with van der Waals surface area (Å²) in [4.78, 5) is 0. The van der Waals surface area contributed by atoms with Crippen molar-refractivity contribution in [1.29, 1.82) is 0 Å². The number of rotatable bonds is 8. The van der Waals surface area contributed by atoms with Crippen molar-refractivity contribution in [3.63, 3.8) is 0 Å². The van der Waals surface area contributed by atoms with Crippen molar-refractivity contribution in [3.05, 3.63) is 72.3 Å². The highest BCUT2D eigenvalue weighted by molar-refractivity contribution is 5.37. The summed E-state index contributed by atoms with van der Waals surface area (Å²) in [5, 5.41) is 0. The summed E-state index contributed by atoms with van der Waals surface area (Å²) in [5.74, 6) is 1.65. The van der Waals surface area contributed by atoms with Crippen LogP contribution in [-0.4, -0.2) is 25.9 Å². The number of nitrogens with two attached hydrogens (primary N) is 1. The summed E-state index contributed by atoms with van der Waals surface area (Å²) in [7, 11) is 0. The number of benzene rings is 2. The van der Waals surface area contributed by atoms with Gasteiger partial charge in [0, 0.05) is 0 Å². The van der Waals surface area contributed by atoms with Crippen LogP contribution in [0.2, 0.25) is 0 Å². The van der Waals surface area contributed by atoms with E-state index in [0.717, 1.165) is 29.2 Å². The van der Waals surface area contributed by atoms with E-state index in [2.05, 4.69) is 6.58 Å². The van der Waals surface area contributed by atoms with Crippen LogP contribution in [0.5, 0.6) is 11.5 Å². The number of hydrogen-bond donors (Lipinski definition) is 1. The summed E-state index contributed by atoms with van der Waals surface area (Å²) in [6.45, 7) is 5.54. The molecule has 4 nitrogen and oxygen atoms in total. The van der Waals surface area contributed by atoms with Crippen LogP contribution in [0, 0.1) is 0 Å². The molecule has 2 unspecified atom stereocenters. The molecule has 23 heavy (non-hydrogen) atoms. The SMILES string of the molecule is C=CCOc1ccc(C(N)c2ccc(OCC3CO3)cc2)cc1. The minimum absolute atomic E-state index is 0.177. The average Bonchev–Trinajstić information content (AvgIpc) is 3.43. The first kappa shape index (κ1) is 15.6. The molecule has 0 amide bonds. The van der Waals surface area contributed by atoms with Gasteiger partial charge in [0.1, 0.15) is 30.8 Å². The molecular formula is C19H21NO3. The molecule has 0 spiro atoms. The topological polar surface area (TPSA) is 57.0 Å². The third-order valence-electron chi connectivity index (χ3n) is 3.68. The van der Waals surface area contributed by atoms with Gasteiger partial charge in [0.2, 0.25) is 0 Å². The van der Waals surface area contributed by atoms with Crippen molar-refractivity contribution >= 4 is 0 Å². The van der Waals surface area contributed by atoms with Crippen LogP contribution in [0.3, 0.4) is 0 Å². The molecular weight excluding hydrogens is 290 g/mol. The summed E-state index contributed by atoms with van der Waals surface area (Å²) >= 11 is 0. The Kier molecular flexibility index (Phi) is 4.95. The van der Waals surface area contributed by atoms with E-state index < -0.39 is 0 Å². The van der Waals surface area contributed by atoms with Crippen molar-refractivity contribution in [1.82, 2.24) is 0 Å². The molecule has 2 atom stereocenters. The van der Waals surface area contributed by atoms with Gasteiger partial charge in [0.05, 0.1) is 12.6 Å². The first-order chi connectivity index (χ1) is 11.3. The van der Waals surface area contributed by atoms with Crippen molar-refractivity contribution in [2.45, 2.75) is 12.1 Å². The standard InChI is InChI=1S/C19H21NO3/c1-2-11-21-16-7-3-14(4-8-16)19(20)15-5-9-17(10-6-15)22-12-18-13-23-18/h2-10,18-19H,1,11-13,20H2. The van der Waals surface area contributed by atoms with Gasteiger partial charge >= 0.3 is 0 Å². The lowest BCUT2D eigenvalue weighted by atomic mass is 9.99. The van der Waals surface area contributed by atoms with E-state index in [-0.39, 0.29) is 12.1 Å². The van der Waals surface area contributed by atoms with Crippen molar-refractivity contribution in [2.24, 2.45) is 5.73 Å². The van der Waals surface area contributed by atoms with E-state index in [1.54, 1.807) is 6.08 Å². The van der Waals surface area contributed by atoms with Gasteiger partial charge in [-0.2, -0.15) is 0 Å². The van der Waals surface area contributed by atoms with Crippen LogP contribution in [-0.2, 0) is 4.74 Å². The summed E-state index contributed by atoms with van der Waals surface area (Å²) in [6.07, 6.45) is 1.98. The van der Waals surface area contributed by atoms with Crippen LogP contribution in [0.15, 0.2) is 61.2 Å². The lowest BCUT2D eigenvalue weighted by Crippen LogP contribution is -2.12. The average molecular weight is 311 g/mol. The molecule has 2 N–H and O–H groups in total. The molecule has 0 saturated carbocycles. The van der Waals surface area contributed by atoms with Gasteiger partial charge < -0.3 is 19.9 Å². The van der Waals surface area contributed by atoms with Gasteiger partial charge in [0.25, 0.3) is 0 Å². The zero-order chi connectivity index (χ0) is 16.1. The number of ether oxygens (including phenoxy) is 3. The maximum atomic E-state index is 6.33. The first-order valence-electron chi connectivity index (χ1n) is 7.70. The van der Waals surface area contributed by atoms with Gasteiger partial charge in [-0.25, -0.2) is 0 Å². The fraction of sp³-hybridized carbons (Fsp3) is 0.263. The predicted octanol–water partition coefficient (Wildman–Crippen LogP) is 3.08. The molecule has 2 aromatic carbocycles. The van der Waals surface area contributed by atoms with Crippen LogP contribution >= 0.6 is 0 Å². The van der Waals surface area contributed by atoms with Crippen LogP contribution in [0.1, 0.15) is 17.2 Å². The Morgan fingerprint density at radius 1 is 1.04 bits per heavy atom. The quantitative estimate of drug-likeness (QED) is 0.601. The summed E-state index contributed by atoms with van der Waals surface area (Å²) in [5.41, 5.74) is 8.41. The van der Waals surface area contributed by atoms with Crippen LogP contribution < -0.4 is 15.2 Å². The lowest BCUT2D eigenvalue weighted by molar-refractivity contribution is 0.263. The summed E-state index contributed by atoms with van der Waals surface area (Å²) in [6, 6.07) is 15.5. The van der Waals surface area contributed by atoms with Gasteiger partial charge in [-0.15, -0.1) is 0 Å². The van der Waals surface area contributed by atoms with Gasteiger partial charge in [-0.05, 0) is 35.4 Å². The lowest BCUT2D eigenvalue weighted by Gasteiger charge is -2.14. The summed E-state index contributed by atoms with van der Waals surface area (Å²) < 4.78 is 16.2. The second kappa shape index (κ2) is 7.31. The smallest absolute Gasteiger partial charge is 0.119 e. The Balaban J connectivity index is 1.61. The number of hydrogen-bond acceptors (Lipinski definition) is 4. The second-order valence-electron chi connectivity index (χ2n) is 5.48. The molecule has 0 bridgehead atoms. The van der Waals surface area contributed by atoms with Crippen LogP contribution in [0.25, 0.3) is 0 Å². The van der Waals surface area contributed by atoms with Crippen molar-refractivity contribution in [2.75, 3.05) is 19.8 Å². The Bertz CT molecular complexity index is 633. The van der Waals surface area contributed by atoms with Crippen molar-refractivity contribution < 1.29 is 14.2 Å². The maximum absolute atomic E-state index is 6.33. The molecule has 1 fully saturated rings. The van der Waals surface area contributed by atoms with E-state index in [4.69, 9.17) is 19.9 Å². The molecule has 0 aromatic heterocycles. The zero-order valence-corrected chi connectivity index (χ0v) is 13.0. The van der Waals surface area contributed by atoms with E-state index >= 15 is 0 Å². The molecule has 1 aliphatic rings. The monoisotopic (exact) mass is 311 g/mol. The Labute approximate surface area is 136 Å². The molecule has 0 aliphatic carbocycles. The molecule has 4 heteroatoms. The molecule has 0 radical (unpaired) electrons. The van der Waals surface area contributed by atoms with E-state index in [1.807, 2.05) is 48.5 Å². The fourth-order valence-electron chi connectivity index (χ4n) is 2.24. The molecule has 2 aromatic rings. The Morgan fingerprint density at radius 2 is 1.57 bits per heavy atom. The Morgan fingerprint density at radius 3 is 2.04 bits per heavy atom. The minimum atomic E-state index is -0.177. The second-order valence-corrected chi connectivity index (χ2v) is 5.48. The third-order valence-corrected chi connectivity index (χ3v) is 3.68. The van der Waals surface area contributed by atoms with E-state index in [9.17, 15) is 0 Å². The minimum Gasteiger partial charge on any atom is -0.491 e. The molecule has 1 aliphatic heterocycles. The fourth-order valence-corrected chi connectivity index (χ4v) is 2.24. The maximum Gasteiger partial charge on any atom is 0.119 e. The van der Waals surface area contributed by atoms with E-state index in [0.29, 0.717) is 13.2 Å². The molecule has 1 heterocycles. The van der Waals surface area contributed by atoms with Crippen LogP contribution in [0.4, 0.5) is 0 Å². The first-order valence-corrected chi connectivity index (χ1v) is 7.70. The van der Waals surface area contributed by atoms with E-state index in [1.165, 1.54) is 0 Å². The third kappa shape index (κ3) is 4.34. The normalized spacial score (nSPS) is 17.3. The van der Waals surface area contributed by atoms with Gasteiger partial charge in [-0.3, -0.25) is 0 Å². The molecule has 3 rings (SSSR count). The number of epoxide rings is 1.